The van der Waals surface area contributed by atoms with Crippen LogP contribution in [-0.4, -0.2) is 54.1 Å². The van der Waals surface area contributed by atoms with Gasteiger partial charge in [-0.1, -0.05) is 47.4 Å². The van der Waals surface area contributed by atoms with Crippen molar-refractivity contribution in [1.82, 2.24) is 15.1 Å². The third-order valence-corrected chi connectivity index (χ3v) is 6.51. The lowest BCUT2D eigenvalue weighted by molar-refractivity contribution is -0.129. The Balaban J connectivity index is 1.54. The predicted octanol–water partition coefficient (Wildman–Crippen LogP) is 3.22. The Kier molecular flexibility index (Phi) is 6.87. The third kappa shape index (κ3) is 4.75. The summed E-state index contributed by atoms with van der Waals surface area (Å²) in [4.78, 5) is 14.6. The highest BCUT2D eigenvalue weighted by Crippen LogP contribution is 2.34. The minimum atomic E-state index is 0.126. The van der Waals surface area contributed by atoms with Crippen molar-refractivity contribution in [1.29, 1.82) is 0 Å². The Morgan fingerprint density at radius 2 is 2.27 bits per heavy atom. The normalized spacial score (nSPS) is 16.2. The monoisotopic (exact) mass is 392 g/mol. The number of benzene rings is 1. The van der Waals surface area contributed by atoms with Crippen LogP contribution in [0, 0.1) is 0 Å². The van der Waals surface area contributed by atoms with Gasteiger partial charge >= 0.3 is 0 Å². The predicted molar refractivity (Wildman–Crippen MR) is 106 cm³/mol. The number of ether oxygens (including phenoxy) is 1. The first-order chi connectivity index (χ1) is 12.7. The molecule has 0 aliphatic heterocycles. The number of aryl methyl sites for hydroxylation is 1. The highest BCUT2D eigenvalue weighted by atomic mass is 32.2. The van der Waals surface area contributed by atoms with Gasteiger partial charge in [0.05, 0.1) is 18.4 Å². The molecule has 1 aliphatic rings. The zero-order valence-electron chi connectivity index (χ0n) is 15.1. The Labute approximate surface area is 162 Å². The molecule has 1 aliphatic carbocycles. The molecule has 1 heterocycles. The molecule has 140 valence electrons. The topological polar surface area (TPSA) is 67.3 Å². The molecule has 1 atom stereocenters. The number of nitrogens with zero attached hydrogens (tertiary/aromatic N) is 3. The van der Waals surface area contributed by atoms with E-state index < -0.39 is 0 Å². The molecule has 0 bridgehead atoms. The van der Waals surface area contributed by atoms with E-state index >= 15 is 0 Å². The van der Waals surface area contributed by atoms with Crippen LogP contribution in [-0.2, 0) is 16.0 Å². The molecule has 0 fully saturated rings. The molecule has 8 heteroatoms. The smallest absolute Gasteiger partial charge is 0.233 e. The lowest BCUT2D eigenvalue weighted by Gasteiger charge is -2.33. The summed E-state index contributed by atoms with van der Waals surface area (Å²) < 4.78 is 5.80. The second-order valence-corrected chi connectivity index (χ2v) is 8.39. The number of hydrogen-bond acceptors (Lipinski definition) is 7. The van der Waals surface area contributed by atoms with Gasteiger partial charge in [0.15, 0.2) is 4.34 Å². The number of carbonyl (C=O) groups excluding carboxylic acids is 1. The Morgan fingerprint density at radius 3 is 3.12 bits per heavy atom. The number of rotatable bonds is 8. The van der Waals surface area contributed by atoms with Crippen LogP contribution < -0.4 is 5.32 Å². The van der Waals surface area contributed by atoms with Crippen LogP contribution in [0.15, 0.2) is 28.6 Å². The fraction of sp³-hybridized carbons (Fsp3) is 0.500. The molecular weight excluding hydrogens is 368 g/mol. The summed E-state index contributed by atoms with van der Waals surface area (Å²) in [5, 5.41) is 12.1. The second-order valence-electron chi connectivity index (χ2n) is 6.19. The van der Waals surface area contributed by atoms with Crippen LogP contribution in [0.3, 0.4) is 0 Å². The fourth-order valence-corrected chi connectivity index (χ4v) is 4.83. The quantitative estimate of drug-likeness (QED) is 0.550. The van der Waals surface area contributed by atoms with E-state index in [1.807, 2.05) is 11.9 Å². The minimum Gasteiger partial charge on any atom is -0.383 e. The summed E-state index contributed by atoms with van der Waals surface area (Å²) in [5.74, 6) is 0.503. The lowest BCUT2D eigenvalue weighted by Crippen LogP contribution is -2.34. The average molecular weight is 393 g/mol. The maximum atomic E-state index is 12.7. The SMILES string of the molecule is COCCNc1nnc(SCC(=O)N(C)C2CCCc3ccccc32)s1. The maximum Gasteiger partial charge on any atom is 0.233 e. The molecule has 1 amide bonds. The molecule has 1 unspecified atom stereocenters. The number of thioether (sulfide) groups is 1. The van der Waals surface area contributed by atoms with E-state index in [9.17, 15) is 4.79 Å². The number of hydrogen-bond donors (Lipinski definition) is 1. The molecule has 1 aromatic heterocycles. The molecule has 1 N–H and O–H groups in total. The van der Waals surface area contributed by atoms with Gasteiger partial charge < -0.3 is 15.0 Å². The summed E-state index contributed by atoms with van der Waals surface area (Å²) >= 11 is 2.91. The van der Waals surface area contributed by atoms with Crippen molar-refractivity contribution in [3.63, 3.8) is 0 Å². The highest BCUT2D eigenvalue weighted by molar-refractivity contribution is 8.01. The first-order valence-corrected chi connectivity index (χ1v) is 10.5. The summed E-state index contributed by atoms with van der Waals surface area (Å²) in [5.41, 5.74) is 2.66. The van der Waals surface area contributed by atoms with Crippen LogP contribution >= 0.6 is 23.1 Å². The molecule has 26 heavy (non-hydrogen) atoms. The minimum absolute atomic E-state index is 0.126. The zero-order valence-corrected chi connectivity index (χ0v) is 16.7. The highest BCUT2D eigenvalue weighted by Gasteiger charge is 2.26. The van der Waals surface area contributed by atoms with Crippen molar-refractivity contribution >= 4 is 34.1 Å². The Bertz CT molecular complexity index is 737. The number of methoxy groups -OCH3 is 1. The van der Waals surface area contributed by atoms with Crippen LogP contribution in [0.2, 0.25) is 0 Å². The van der Waals surface area contributed by atoms with Crippen molar-refractivity contribution in [2.75, 3.05) is 38.4 Å². The number of carbonyl (C=O) groups is 1. The maximum absolute atomic E-state index is 12.7. The molecule has 0 spiro atoms. The number of aromatic nitrogens is 2. The summed E-state index contributed by atoms with van der Waals surface area (Å²) in [6.07, 6.45) is 3.25. The van der Waals surface area contributed by atoms with Gasteiger partial charge in [0.2, 0.25) is 11.0 Å². The Morgan fingerprint density at radius 1 is 1.42 bits per heavy atom. The first kappa shape index (κ1) is 19.1. The summed E-state index contributed by atoms with van der Waals surface area (Å²) in [6, 6.07) is 8.64. The van der Waals surface area contributed by atoms with Gasteiger partial charge in [-0.05, 0) is 30.4 Å². The van der Waals surface area contributed by atoms with Gasteiger partial charge in [-0.25, -0.2) is 0 Å². The van der Waals surface area contributed by atoms with Gasteiger partial charge in [-0.15, -0.1) is 10.2 Å². The zero-order chi connectivity index (χ0) is 18.4. The van der Waals surface area contributed by atoms with Crippen molar-refractivity contribution in [2.45, 2.75) is 29.6 Å². The van der Waals surface area contributed by atoms with Gasteiger partial charge in [0.1, 0.15) is 0 Å². The van der Waals surface area contributed by atoms with E-state index in [1.165, 1.54) is 34.2 Å². The van der Waals surface area contributed by atoms with E-state index in [1.54, 1.807) is 7.11 Å². The van der Waals surface area contributed by atoms with Crippen molar-refractivity contribution in [3.05, 3.63) is 35.4 Å². The molecular formula is C18H24N4O2S2. The number of anilines is 1. The van der Waals surface area contributed by atoms with E-state index in [0.29, 0.717) is 18.9 Å². The molecule has 0 saturated carbocycles. The van der Waals surface area contributed by atoms with Gasteiger partial charge in [-0.2, -0.15) is 0 Å². The van der Waals surface area contributed by atoms with E-state index in [0.717, 1.165) is 28.7 Å². The van der Waals surface area contributed by atoms with Crippen LogP contribution in [0.25, 0.3) is 0 Å². The Hall–Kier alpha value is -1.64. The number of fused-ring (bicyclic) bond motifs is 1. The van der Waals surface area contributed by atoms with Crippen LogP contribution in [0.5, 0.6) is 0 Å². The fourth-order valence-electron chi connectivity index (χ4n) is 3.13. The second kappa shape index (κ2) is 9.34. The van der Waals surface area contributed by atoms with E-state index in [-0.39, 0.29) is 11.9 Å². The molecule has 0 saturated heterocycles. The molecule has 2 aromatic rings. The van der Waals surface area contributed by atoms with Crippen LogP contribution in [0.1, 0.15) is 30.0 Å². The van der Waals surface area contributed by atoms with Crippen LogP contribution in [0.4, 0.5) is 5.13 Å². The first-order valence-electron chi connectivity index (χ1n) is 8.71. The van der Waals surface area contributed by atoms with E-state index in [4.69, 9.17) is 4.74 Å². The number of nitrogens with one attached hydrogen (secondary N) is 1. The van der Waals surface area contributed by atoms with Crippen molar-refractivity contribution in [3.8, 4) is 0 Å². The van der Waals surface area contributed by atoms with Gasteiger partial charge in [0, 0.05) is 20.7 Å². The number of amides is 1. The van der Waals surface area contributed by atoms with Gasteiger partial charge in [-0.3, -0.25) is 4.79 Å². The third-order valence-electron chi connectivity index (χ3n) is 4.51. The average Bonchev–Trinajstić information content (AvgIpc) is 3.13. The van der Waals surface area contributed by atoms with Crippen molar-refractivity contribution in [2.24, 2.45) is 0 Å². The van der Waals surface area contributed by atoms with Crippen molar-refractivity contribution < 1.29 is 9.53 Å². The standard InChI is InChI=1S/C18H24N4O2S2/c1-22(15-9-5-7-13-6-3-4-8-14(13)15)16(23)12-25-18-21-20-17(26-18)19-10-11-24-2/h3-4,6,8,15H,5,7,9-12H2,1-2H3,(H,19,20). The van der Waals surface area contributed by atoms with E-state index in [2.05, 4.69) is 39.8 Å². The molecule has 0 radical (unpaired) electrons. The summed E-state index contributed by atoms with van der Waals surface area (Å²) in [6.45, 7) is 1.31. The molecule has 3 rings (SSSR count). The lowest BCUT2D eigenvalue weighted by atomic mass is 9.87. The molecule has 6 nitrogen and oxygen atoms in total. The largest absolute Gasteiger partial charge is 0.383 e. The van der Waals surface area contributed by atoms with Gasteiger partial charge in [0.25, 0.3) is 0 Å². The molecule has 1 aromatic carbocycles. The summed E-state index contributed by atoms with van der Waals surface area (Å²) in [7, 11) is 3.57.